The number of benzene rings is 3. The number of hydrogen-bond acceptors (Lipinski definition) is 3. The van der Waals surface area contributed by atoms with E-state index >= 15 is 0 Å². The Kier molecular flexibility index (Phi) is 5.78. The SMILES string of the molecule is CC(=NNC(=O)CNc1ccccc1)c1ccc(-c2ccccc2)cc1. The number of anilines is 1. The van der Waals surface area contributed by atoms with Crippen LogP contribution in [0.15, 0.2) is 90.0 Å². The first-order valence-electron chi connectivity index (χ1n) is 8.50. The van der Waals surface area contributed by atoms with Gasteiger partial charge in [-0.25, -0.2) is 5.43 Å². The number of nitrogens with zero attached hydrogens (tertiary/aromatic N) is 1. The molecule has 4 heteroatoms. The van der Waals surface area contributed by atoms with Crippen molar-refractivity contribution in [1.82, 2.24) is 5.43 Å². The van der Waals surface area contributed by atoms with Crippen molar-refractivity contribution in [3.8, 4) is 11.1 Å². The predicted octanol–water partition coefficient (Wildman–Crippen LogP) is 4.31. The minimum Gasteiger partial charge on any atom is -0.376 e. The molecule has 0 bridgehead atoms. The van der Waals surface area contributed by atoms with Crippen LogP contribution < -0.4 is 10.7 Å². The van der Waals surface area contributed by atoms with Crippen LogP contribution in [-0.4, -0.2) is 18.2 Å². The summed E-state index contributed by atoms with van der Waals surface area (Å²) in [7, 11) is 0. The smallest absolute Gasteiger partial charge is 0.259 e. The average Bonchev–Trinajstić information content (AvgIpc) is 2.72. The van der Waals surface area contributed by atoms with Gasteiger partial charge in [0.25, 0.3) is 5.91 Å². The Hall–Kier alpha value is -3.40. The van der Waals surface area contributed by atoms with Gasteiger partial charge in [-0.2, -0.15) is 5.10 Å². The Bertz CT molecular complexity index is 872. The van der Waals surface area contributed by atoms with Crippen LogP contribution in [-0.2, 0) is 4.79 Å². The Morgan fingerprint density at radius 3 is 2.04 bits per heavy atom. The van der Waals surface area contributed by atoms with Crippen LogP contribution >= 0.6 is 0 Å². The number of rotatable bonds is 6. The van der Waals surface area contributed by atoms with Crippen LogP contribution in [0.3, 0.4) is 0 Å². The van der Waals surface area contributed by atoms with Crippen LogP contribution in [0, 0.1) is 0 Å². The maximum atomic E-state index is 11.9. The number of amides is 1. The monoisotopic (exact) mass is 343 g/mol. The van der Waals surface area contributed by atoms with Gasteiger partial charge < -0.3 is 5.32 Å². The van der Waals surface area contributed by atoms with Crippen molar-refractivity contribution in [3.05, 3.63) is 90.5 Å². The molecule has 0 fully saturated rings. The predicted molar refractivity (Wildman–Crippen MR) is 107 cm³/mol. The average molecular weight is 343 g/mol. The number of carbonyl (C=O) groups excluding carboxylic acids is 1. The largest absolute Gasteiger partial charge is 0.376 e. The first kappa shape index (κ1) is 17.4. The zero-order valence-corrected chi connectivity index (χ0v) is 14.6. The van der Waals surface area contributed by atoms with Gasteiger partial charge in [-0.05, 0) is 35.7 Å². The van der Waals surface area contributed by atoms with Gasteiger partial charge in [0.2, 0.25) is 0 Å². The van der Waals surface area contributed by atoms with Crippen LogP contribution in [0.4, 0.5) is 5.69 Å². The molecule has 0 aromatic heterocycles. The molecule has 0 spiro atoms. The van der Waals surface area contributed by atoms with E-state index in [9.17, 15) is 4.79 Å². The van der Waals surface area contributed by atoms with Crippen molar-refractivity contribution in [2.45, 2.75) is 6.92 Å². The highest BCUT2D eigenvalue weighted by Gasteiger charge is 2.03. The molecule has 0 unspecified atom stereocenters. The molecule has 3 rings (SSSR count). The first-order valence-corrected chi connectivity index (χ1v) is 8.50. The molecule has 130 valence electrons. The molecular formula is C22H21N3O. The summed E-state index contributed by atoms with van der Waals surface area (Å²) in [6.45, 7) is 2.05. The number of hydrazone groups is 1. The molecule has 26 heavy (non-hydrogen) atoms. The van der Waals surface area contributed by atoms with E-state index in [2.05, 4.69) is 40.1 Å². The lowest BCUT2D eigenvalue weighted by molar-refractivity contribution is -0.119. The molecule has 3 aromatic rings. The summed E-state index contributed by atoms with van der Waals surface area (Å²) in [5.74, 6) is -0.186. The highest BCUT2D eigenvalue weighted by Crippen LogP contribution is 2.19. The third kappa shape index (κ3) is 4.80. The number of para-hydroxylation sites is 1. The molecule has 0 radical (unpaired) electrons. The second-order valence-corrected chi connectivity index (χ2v) is 5.90. The van der Waals surface area contributed by atoms with Crippen molar-refractivity contribution in [2.75, 3.05) is 11.9 Å². The van der Waals surface area contributed by atoms with Gasteiger partial charge in [-0.3, -0.25) is 4.79 Å². The normalized spacial score (nSPS) is 11.0. The molecule has 0 heterocycles. The summed E-state index contributed by atoms with van der Waals surface area (Å²) in [5.41, 5.74) is 7.55. The second kappa shape index (κ2) is 8.62. The van der Waals surface area contributed by atoms with Gasteiger partial charge >= 0.3 is 0 Å². The number of hydrogen-bond donors (Lipinski definition) is 2. The Morgan fingerprint density at radius 2 is 1.38 bits per heavy atom. The fourth-order valence-corrected chi connectivity index (χ4v) is 2.52. The lowest BCUT2D eigenvalue weighted by Gasteiger charge is -2.07. The molecule has 0 aliphatic carbocycles. The van der Waals surface area contributed by atoms with Gasteiger partial charge in [-0.1, -0.05) is 72.8 Å². The Balaban J connectivity index is 1.56. The molecule has 4 nitrogen and oxygen atoms in total. The van der Waals surface area contributed by atoms with Crippen molar-refractivity contribution in [1.29, 1.82) is 0 Å². The zero-order chi connectivity index (χ0) is 18.2. The summed E-state index contributed by atoms with van der Waals surface area (Å²) in [6, 6.07) is 27.9. The lowest BCUT2D eigenvalue weighted by Crippen LogP contribution is -2.26. The highest BCUT2D eigenvalue weighted by atomic mass is 16.2. The summed E-state index contributed by atoms with van der Waals surface area (Å²) in [4.78, 5) is 11.9. The van der Waals surface area contributed by atoms with Crippen LogP contribution in [0.5, 0.6) is 0 Å². The minimum absolute atomic E-state index is 0.174. The molecule has 0 aliphatic rings. The molecule has 0 atom stereocenters. The van der Waals surface area contributed by atoms with E-state index in [1.165, 1.54) is 5.56 Å². The summed E-state index contributed by atoms with van der Waals surface area (Å²) in [6.07, 6.45) is 0. The fourth-order valence-electron chi connectivity index (χ4n) is 2.52. The van der Waals surface area contributed by atoms with Crippen LogP contribution in [0.2, 0.25) is 0 Å². The first-order chi connectivity index (χ1) is 12.7. The Labute approximate surface area is 153 Å². The summed E-state index contributed by atoms with van der Waals surface area (Å²) in [5, 5.41) is 7.24. The van der Waals surface area contributed by atoms with Gasteiger partial charge in [0.15, 0.2) is 0 Å². The van der Waals surface area contributed by atoms with Crippen molar-refractivity contribution < 1.29 is 4.79 Å². The van der Waals surface area contributed by atoms with Gasteiger partial charge in [0.05, 0.1) is 12.3 Å². The van der Waals surface area contributed by atoms with E-state index in [-0.39, 0.29) is 12.5 Å². The fraction of sp³-hybridized carbons (Fsp3) is 0.0909. The van der Waals surface area contributed by atoms with Gasteiger partial charge in [0.1, 0.15) is 0 Å². The van der Waals surface area contributed by atoms with Crippen molar-refractivity contribution in [3.63, 3.8) is 0 Å². The van der Waals surface area contributed by atoms with Crippen molar-refractivity contribution in [2.24, 2.45) is 5.10 Å². The third-order valence-corrected chi connectivity index (χ3v) is 3.98. The summed E-state index contributed by atoms with van der Waals surface area (Å²) >= 11 is 0. The van der Waals surface area contributed by atoms with Crippen molar-refractivity contribution >= 4 is 17.3 Å². The molecule has 3 aromatic carbocycles. The molecule has 2 N–H and O–H groups in total. The van der Waals surface area contributed by atoms with E-state index in [4.69, 9.17) is 0 Å². The van der Waals surface area contributed by atoms with Gasteiger partial charge in [-0.15, -0.1) is 0 Å². The van der Waals surface area contributed by atoms with E-state index < -0.39 is 0 Å². The van der Waals surface area contributed by atoms with Gasteiger partial charge in [0, 0.05) is 5.69 Å². The lowest BCUT2D eigenvalue weighted by atomic mass is 10.0. The van der Waals surface area contributed by atoms with E-state index in [1.54, 1.807) is 0 Å². The molecule has 0 aliphatic heterocycles. The molecule has 0 saturated heterocycles. The maximum Gasteiger partial charge on any atom is 0.259 e. The third-order valence-electron chi connectivity index (χ3n) is 3.98. The Morgan fingerprint density at radius 1 is 0.808 bits per heavy atom. The maximum absolute atomic E-state index is 11.9. The van der Waals surface area contributed by atoms with E-state index in [0.29, 0.717) is 0 Å². The standard InChI is InChI=1S/C22H21N3O/c1-17(24-25-22(26)16-23-21-10-6-3-7-11-21)18-12-14-20(15-13-18)19-8-4-2-5-9-19/h2-15,23H,16H2,1H3,(H,25,26). The molecule has 0 saturated carbocycles. The van der Waals surface area contributed by atoms with E-state index in [1.807, 2.05) is 67.6 Å². The van der Waals surface area contributed by atoms with Crippen LogP contribution in [0.1, 0.15) is 12.5 Å². The quantitative estimate of drug-likeness (QED) is 0.518. The second-order valence-electron chi connectivity index (χ2n) is 5.90. The number of nitrogens with one attached hydrogen (secondary N) is 2. The van der Waals surface area contributed by atoms with Crippen LogP contribution in [0.25, 0.3) is 11.1 Å². The topological polar surface area (TPSA) is 53.5 Å². The highest BCUT2D eigenvalue weighted by molar-refractivity contribution is 5.99. The molecule has 1 amide bonds. The number of carbonyl (C=O) groups is 1. The zero-order valence-electron chi connectivity index (χ0n) is 14.6. The summed E-state index contributed by atoms with van der Waals surface area (Å²) < 4.78 is 0. The minimum atomic E-state index is -0.186. The molecular weight excluding hydrogens is 322 g/mol. The van der Waals surface area contributed by atoms with E-state index in [0.717, 1.165) is 22.5 Å².